The predicted octanol–water partition coefficient (Wildman–Crippen LogP) is -4.82. The molecule has 2 heterocycles. The van der Waals surface area contributed by atoms with Crippen LogP contribution in [-0.4, -0.2) is 116 Å². The molecule has 0 spiro atoms. The molecule has 0 aliphatic carbocycles. The molecule has 2 aliphatic rings. The van der Waals surface area contributed by atoms with Gasteiger partial charge in [0.05, 0.1) is 6.61 Å². The van der Waals surface area contributed by atoms with E-state index in [4.69, 9.17) is 24.1 Å². The number of rotatable bonds is 6. The minimum Gasteiger partial charge on any atom is -0.463 e. The Kier molecular flexibility index (Phi) is 6.90. The van der Waals surface area contributed by atoms with Crippen LogP contribution in [-0.2, 0) is 23.7 Å². The number of carbonyl (C=O) groups is 1. The Morgan fingerprint density at radius 2 is 1.65 bits per heavy atom. The van der Waals surface area contributed by atoms with Gasteiger partial charge in [0.15, 0.2) is 6.29 Å². The Balaban J connectivity index is 2.16. The van der Waals surface area contributed by atoms with Crippen LogP contribution in [0.2, 0.25) is 0 Å². The van der Waals surface area contributed by atoms with Gasteiger partial charge in [-0.3, -0.25) is 4.79 Å². The fourth-order valence-corrected chi connectivity index (χ4v) is 2.82. The molecule has 2 saturated heterocycles. The molecule has 0 bridgehead atoms. The van der Waals surface area contributed by atoms with Crippen LogP contribution in [0.3, 0.4) is 0 Å². The Bertz CT molecular complexity index is 489. The molecule has 0 unspecified atom stereocenters. The first-order valence-electron chi connectivity index (χ1n) is 7.93. The van der Waals surface area contributed by atoms with Crippen molar-refractivity contribution in [1.29, 1.82) is 0 Å². The highest BCUT2D eigenvalue weighted by Crippen LogP contribution is 2.35. The smallest absolute Gasteiger partial charge is 0.302 e. The van der Waals surface area contributed by atoms with E-state index >= 15 is 0 Å². The maximum Gasteiger partial charge on any atom is 0.302 e. The van der Waals surface area contributed by atoms with Gasteiger partial charge in [-0.25, -0.2) is 0 Å². The number of carbonyl (C=O) groups excluding carboxylic acids is 1. The third kappa shape index (κ3) is 3.99. The summed E-state index contributed by atoms with van der Waals surface area (Å²) >= 11 is 0. The Labute approximate surface area is 148 Å². The van der Waals surface area contributed by atoms with Crippen LogP contribution in [0.15, 0.2) is 0 Å². The van der Waals surface area contributed by atoms with E-state index in [0.717, 1.165) is 6.92 Å². The van der Waals surface area contributed by atoms with Gasteiger partial charge in [-0.05, 0) is 0 Å². The van der Waals surface area contributed by atoms with Gasteiger partial charge in [0.1, 0.15) is 55.9 Å². The van der Waals surface area contributed by atoms with Crippen molar-refractivity contribution in [2.75, 3.05) is 19.8 Å². The number of esters is 1. The molecule has 0 radical (unpaired) electrons. The molecule has 0 aromatic rings. The summed E-state index contributed by atoms with van der Waals surface area (Å²) in [5.41, 5.74) is 0. The second-order valence-corrected chi connectivity index (χ2v) is 6.18. The number of ether oxygens (including phenoxy) is 4. The molecule has 2 fully saturated rings. The molecule has 0 saturated carbocycles. The lowest BCUT2D eigenvalue weighted by Gasteiger charge is -2.43. The first-order chi connectivity index (χ1) is 12.2. The van der Waals surface area contributed by atoms with E-state index in [0.29, 0.717) is 0 Å². The zero-order valence-electron chi connectivity index (χ0n) is 13.9. The largest absolute Gasteiger partial charge is 0.463 e. The zero-order chi connectivity index (χ0) is 19.6. The van der Waals surface area contributed by atoms with Gasteiger partial charge < -0.3 is 54.7 Å². The fraction of sp³-hybridized carbons (Fsp3) is 0.929. The quantitative estimate of drug-likeness (QED) is 0.216. The molecule has 26 heavy (non-hydrogen) atoms. The van der Waals surface area contributed by atoms with Gasteiger partial charge in [0.25, 0.3) is 0 Å². The van der Waals surface area contributed by atoms with Crippen LogP contribution in [0.1, 0.15) is 6.92 Å². The van der Waals surface area contributed by atoms with Crippen molar-refractivity contribution < 1.29 is 59.5 Å². The van der Waals surface area contributed by atoms with Crippen LogP contribution in [0.25, 0.3) is 0 Å². The highest BCUT2D eigenvalue weighted by atomic mass is 16.8. The van der Waals surface area contributed by atoms with Crippen LogP contribution >= 0.6 is 0 Å². The Morgan fingerprint density at radius 3 is 2.15 bits per heavy atom. The molecule has 2 aliphatic heterocycles. The minimum absolute atomic E-state index is 0.461. The number of aliphatic hydroxyl groups is 7. The van der Waals surface area contributed by atoms with Gasteiger partial charge in [0.2, 0.25) is 5.79 Å². The number of hydrogen-bond donors (Lipinski definition) is 7. The van der Waals surface area contributed by atoms with Crippen LogP contribution in [0.4, 0.5) is 0 Å². The zero-order valence-corrected chi connectivity index (χ0v) is 13.9. The summed E-state index contributed by atoms with van der Waals surface area (Å²) in [5.74, 6) is -2.93. The highest BCUT2D eigenvalue weighted by Gasteiger charge is 2.58. The van der Waals surface area contributed by atoms with E-state index in [1.54, 1.807) is 0 Å². The standard InChI is InChI=1S/C14H24O12/c1-5(17)23-3-7-8(18)10(20)11(21)13(24-7)26-14(4-16)12(22)9(19)6(2-15)25-14/h6-13,15-16,18-22H,2-4H2,1H3/t6-,7+,8+,9+,10-,11-,12+,13-,14+/m0/s1. The van der Waals surface area contributed by atoms with E-state index in [1.807, 2.05) is 0 Å². The van der Waals surface area contributed by atoms with E-state index in [1.165, 1.54) is 0 Å². The molecular weight excluding hydrogens is 360 g/mol. The molecule has 7 N–H and O–H groups in total. The average Bonchev–Trinajstić information content (AvgIpc) is 2.86. The number of aliphatic hydroxyl groups excluding tert-OH is 7. The molecular formula is C14H24O12. The molecule has 12 heteroatoms. The predicted molar refractivity (Wildman–Crippen MR) is 78.2 cm³/mol. The lowest BCUT2D eigenvalue weighted by atomic mass is 9.99. The summed E-state index contributed by atoms with van der Waals surface area (Å²) in [6.45, 7) is -1.01. The lowest BCUT2D eigenvalue weighted by molar-refractivity contribution is -0.383. The summed E-state index contributed by atoms with van der Waals surface area (Å²) < 4.78 is 20.4. The van der Waals surface area contributed by atoms with Gasteiger partial charge in [-0.1, -0.05) is 0 Å². The Morgan fingerprint density at radius 1 is 1.00 bits per heavy atom. The Hall–Kier alpha value is -0.930. The number of hydrogen-bond acceptors (Lipinski definition) is 12. The lowest BCUT2D eigenvalue weighted by Crippen LogP contribution is -2.62. The fourth-order valence-electron chi connectivity index (χ4n) is 2.82. The SMILES string of the molecule is CC(=O)OC[C@H]1O[C@@H](O[C@@]2(CO)O[C@@H](CO)[C@@H](O)[C@H]2O)[C@@H](O)[C@@H](O)[C@@H]1O. The monoisotopic (exact) mass is 384 g/mol. The van der Waals surface area contributed by atoms with Crippen molar-refractivity contribution in [3.05, 3.63) is 0 Å². The third-order valence-corrected chi connectivity index (χ3v) is 4.34. The molecule has 0 aromatic carbocycles. The maximum atomic E-state index is 10.9. The molecule has 12 nitrogen and oxygen atoms in total. The molecule has 0 aromatic heterocycles. The van der Waals surface area contributed by atoms with E-state index in [9.17, 15) is 35.4 Å². The molecule has 9 atom stereocenters. The van der Waals surface area contributed by atoms with Crippen molar-refractivity contribution >= 4 is 5.97 Å². The van der Waals surface area contributed by atoms with Crippen molar-refractivity contribution in [2.24, 2.45) is 0 Å². The van der Waals surface area contributed by atoms with Gasteiger partial charge in [0, 0.05) is 6.92 Å². The van der Waals surface area contributed by atoms with Crippen LogP contribution in [0, 0.1) is 0 Å². The van der Waals surface area contributed by atoms with Gasteiger partial charge >= 0.3 is 5.97 Å². The van der Waals surface area contributed by atoms with E-state index in [2.05, 4.69) is 0 Å². The summed E-state index contributed by atoms with van der Waals surface area (Å²) in [7, 11) is 0. The summed E-state index contributed by atoms with van der Waals surface area (Å²) in [6.07, 6.45) is -12.9. The maximum absolute atomic E-state index is 10.9. The van der Waals surface area contributed by atoms with Crippen molar-refractivity contribution in [1.82, 2.24) is 0 Å². The topological polar surface area (TPSA) is 196 Å². The van der Waals surface area contributed by atoms with Crippen molar-refractivity contribution in [3.8, 4) is 0 Å². The van der Waals surface area contributed by atoms with Crippen LogP contribution < -0.4 is 0 Å². The van der Waals surface area contributed by atoms with Gasteiger partial charge in [-0.2, -0.15) is 0 Å². The first kappa shape index (κ1) is 21.4. The summed E-state index contributed by atoms with van der Waals surface area (Å²) in [4.78, 5) is 10.9. The second kappa shape index (κ2) is 8.39. The highest BCUT2D eigenvalue weighted by molar-refractivity contribution is 5.65. The third-order valence-electron chi connectivity index (χ3n) is 4.34. The summed E-state index contributed by atoms with van der Waals surface area (Å²) in [5, 5.41) is 68.6. The molecule has 2 rings (SSSR count). The normalized spacial score (nSPS) is 46.3. The second-order valence-electron chi connectivity index (χ2n) is 6.18. The molecule has 0 amide bonds. The average molecular weight is 384 g/mol. The van der Waals surface area contributed by atoms with Crippen molar-refractivity contribution in [3.63, 3.8) is 0 Å². The van der Waals surface area contributed by atoms with E-state index in [-0.39, 0.29) is 0 Å². The summed E-state index contributed by atoms with van der Waals surface area (Å²) in [6, 6.07) is 0. The van der Waals surface area contributed by atoms with Gasteiger partial charge in [-0.15, -0.1) is 0 Å². The first-order valence-corrected chi connectivity index (χ1v) is 7.93. The molecule has 152 valence electrons. The van der Waals surface area contributed by atoms with Crippen molar-refractivity contribution in [2.45, 2.75) is 61.7 Å². The van der Waals surface area contributed by atoms with Crippen LogP contribution in [0.5, 0.6) is 0 Å². The van der Waals surface area contributed by atoms with E-state index < -0.39 is 80.6 Å². The minimum atomic E-state index is -2.26.